The van der Waals surface area contributed by atoms with Crippen molar-refractivity contribution in [3.8, 4) is 0 Å². The maximum Gasteiger partial charge on any atom is 0.401 e. The molecule has 0 saturated carbocycles. The lowest BCUT2D eigenvalue weighted by Gasteiger charge is -2.23. The monoisotopic (exact) mass is 278 g/mol. The summed E-state index contributed by atoms with van der Waals surface area (Å²) in [6, 6.07) is 4.64. The molecule has 0 spiro atoms. The minimum absolute atomic E-state index is 0.0344. The Hall–Kier alpha value is -1.14. The highest BCUT2D eigenvalue weighted by Gasteiger charge is 2.30. The molecule has 0 aliphatic rings. The van der Waals surface area contributed by atoms with Gasteiger partial charge in [-0.25, -0.2) is 4.39 Å². The second-order valence-electron chi connectivity index (χ2n) is 4.42. The van der Waals surface area contributed by atoms with Crippen LogP contribution in [0.5, 0.6) is 0 Å². The van der Waals surface area contributed by atoms with Gasteiger partial charge in [0.2, 0.25) is 0 Å². The van der Waals surface area contributed by atoms with E-state index in [1.807, 2.05) is 0 Å². The summed E-state index contributed by atoms with van der Waals surface area (Å²) in [5.41, 5.74) is 5.95. The van der Waals surface area contributed by atoms with Crippen LogP contribution in [0.2, 0.25) is 0 Å². The molecule has 0 radical (unpaired) electrons. The molecular formula is C13H18F4N2. The molecule has 0 unspecified atom stereocenters. The summed E-state index contributed by atoms with van der Waals surface area (Å²) in [5, 5.41) is 0. The first-order valence-corrected chi connectivity index (χ1v) is 6.12. The van der Waals surface area contributed by atoms with Gasteiger partial charge >= 0.3 is 6.18 Å². The van der Waals surface area contributed by atoms with Crippen LogP contribution in [0, 0.1) is 5.82 Å². The van der Waals surface area contributed by atoms with Crippen LogP contribution >= 0.6 is 0 Å². The van der Waals surface area contributed by atoms with Crippen LogP contribution in [-0.2, 0) is 13.1 Å². The molecule has 1 aromatic rings. The summed E-state index contributed by atoms with van der Waals surface area (Å²) in [7, 11) is 0. The summed E-state index contributed by atoms with van der Waals surface area (Å²) in [4.78, 5) is 1.19. The van der Waals surface area contributed by atoms with Crippen molar-refractivity contribution in [3.05, 3.63) is 35.1 Å². The summed E-state index contributed by atoms with van der Waals surface area (Å²) < 4.78 is 51.2. The number of hydrogen-bond acceptors (Lipinski definition) is 2. The topological polar surface area (TPSA) is 29.3 Å². The first-order chi connectivity index (χ1) is 8.87. The second kappa shape index (κ2) is 6.86. The van der Waals surface area contributed by atoms with Crippen molar-refractivity contribution in [3.63, 3.8) is 0 Å². The number of halogens is 4. The number of rotatable bonds is 6. The number of benzene rings is 1. The van der Waals surface area contributed by atoms with Gasteiger partial charge in [-0.1, -0.05) is 25.1 Å². The van der Waals surface area contributed by atoms with Gasteiger partial charge in [0.1, 0.15) is 5.82 Å². The Morgan fingerprint density at radius 2 is 1.84 bits per heavy atom. The summed E-state index contributed by atoms with van der Waals surface area (Å²) in [5.74, 6) is -0.506. The van der Waals surface area contributed by atoms with E-state index in [4.69, 9.17) is 5.73 Å². The molecule has 2 N–H and O–H groups in total. The average Bonchev–Trinajstić information content (AvgIpc) is 2.30. The highest BCUT2D eigenvalue weighted by molar-refractivity contribution is 5.25. The van der Waals surface area contributed by atoms with E-state index in [2.05, 4.69) is 0 Å². The fourth-order valence-electron chi connectivity index (χ4n) is 1.94. The van der Waals surface area contributed by atoms with E-state index in [1.54, 1.807) is 13.0 Å². The summed E-state index contributed by atoms with van der Waals surface area (Å²) >= 11 is 0. The normalized spacial score (nSPS) is 12.2. The number of nitrogens with two attached hydrogens (primary N) is 1. The number of alkyl halides is 3. The predicted molar refractivity (Wildman–Crippen MR) is 65.9 cm³/mol. The Balaban J connectivity index is 2.84. The Morgan fingerprint density at radius 3 is 2.37 bits per heavy atom. The van der Waals surface area contributed by atoms with E-state index in [-0.39, 0.29) is 25.2 Å². The van der Waals surface area contributed by atoms with Crippen LogP contribution in [0.1, 0.15) is 24.5 Å². The van der Waals surface area contributed by atoms with E-state index >= 15 is 0 Å². The van der Waals surface area contributed by atoms with Crippen LogP contribution in [0.4, 0.5) is 17.6 Å². The third kappa shape index (κ3) is 5.16. The molecule has 0 aromatic heterocycles. The Kier molecular flexibility index (Phi) is 5.75. The van der Waals surface area contributed by atoms with E-state index in [1.165, 1.54) is 17.0 Å². The molecule has 1 aromatic carbocycles. The Labute approximate surface area is 110 Å². The molecule has 2 nitrogen and oxygen atoms in total. The molecular weight excluding hydrogens is 260 g/mol. The van der Waals surface area contributed by atoms with Crippen LogP contribution in [0.3, 0.4) is 0 Å². The Morgan fingerprint density at radius 1 is 1.21 bits per heavy atom. The number of hydrogen-bond donors (Lipinski definition) is 1. The van der Waals surface area contributed by atoms with Crippen molar-refractivity contribution in [1.29, 1.82) is 0 Å². The van der Waals surface area contributed by atoms with E-state index < -0.39 is 18.5 Å². The quantitative estimate of drug-likeness (QED) is 0.810. The van der Waals surface area contributed by atoms with Crippen LogP contribution in [-0.4, -0.2) is 24.2 Å². The molecule has 0 aliphatic carbocycles. The second-order valence-corrected chi connectivity index (χ2v) is 4.42. The number of nitrogens with zero attached hydrogens (tertiary/aromatic N) is 1. The molecule has 0 bridgehead atoms. The third-order valence-corrected chi connectivity index (χ3v) is 2.72. The molecule has 0 heterocycles. The zero-order chi connectivity index (χ0) is 14.5. The van der Waals surface area contributed by atoms with Gasteiger partial charge in [-0.3, -0.25) is 4.90 Å². The lowest BCUT2D eigenvalue weighted by molar-refractivity contribution is -0.147. The minimum atomic E-state index is -4.28. The molecule has 19 heavy (non-hydrogen) atoms. The highest BCUT2D eigenvalue weighted by Crippen LogP contribution is 2.20. The molecule has 6 heteroatoms. The fraction of sp³-hybridized carbons (Fsp3) is 0.538. The summed E-state index contributed by atoms with van der Waals surface area (Å²) in [6.45, 7) is 0.995. The maximum absolute atomic E-state index is 13.9. The van der Waals surface area contributed by atoms with Crippen molar-refractivity contribution in [2.24, 2.45) is 5.73 Å². The SMILES string of the molecule is CCCN(Cc1cccc(CN)c1F)CC(F)(F)F. The van der Waals surface area contributed by atoms with Crippen LogP contribution in [0.15, 0.2) is 18.2 Å². The van der Waals surface area contributed by atoms with Gasteiger partial charge in [0.15, 0.2) is 0 Å². The van der Waals surface area contributed by atoms with E-state index in [0.29, 0.717) is 12.0 Å². The first kappa shape index (κ1) is 15.9. The van der Waals surface area contributed by atoms with Crippen molar-refractivity contribution in [2.45, 2.75) is 32.6 Å². The molecule has 0 aliphatic heterocycles. The van der Waals surface area contributed by atoms with Gasteiger partial charge in [0.05, 0.1) is 6.54 Å². The predicted octanol–water partition coefficient (Wildman–Crippen LogP) is 3.06. The maximum atomic E-state index is 13.9. The van der Waals surface area contributed by atoms with Gasteiger partial charge < -0.3 is 5.73 Å². The Bertz CT molecular complexity index is 404. The molecule has 0 atom stereocenters. The van der Waals surface area contributed by atoms with Gasteiger partial charge in [-0.15, -0.1) is 0 Å². The van der Waals surface area contributed by atoms with E-state index in [9.17, 15) is 17.6 Å². The molecule has 108 valence electrons. The van der Waals surface area contributed by atoms with Crippen molar-refractivity contribution in [2.75, 3.05) is 13.1 Å². The van der Waals surface area contributed by atoms with Gasteiger partial charge in [0, 0.05) is 24.2 Å². The lowest BCUT2D eigenvalue weighted by atomic mass is 10.1. The minimum Gasteiger partial charge on any atom is -0.326 e. The molecule has 0 fully saturated rings. The van der Waals surface area contributed by atoms with Gasteiger partial charge in [-0.2, -0.15) is 13.2 Å². The van der Waals surface area contributed by atoms with Gasteiger partial charge in [-0.05, 0) is 13.0 Å². The van der Waals surface area contributed by atoms with Crippen molar-refractivity contribution >= 4 is 0 Å². The highest BCUT2D eigenvalue weighted by atomic mass is 19.4. The van der Waals surface area contributed by atoms with Crippen LogP contribution < -0.4 is 5.73 Å². The van der Waals surface area contributed by atoms with Crippen LogP contribution in [0.25, 0.3) is 0 Å². The zero-order valence-electron chi connectivity index (χ0n) is 10.8. The largest absolute Gasteiger partial charge is 0.401 e. The van der Waals surface area contributed by atoms with Crippen molar-refractivity contribution < 1.29 is 17.6 Å². The zero-order valence-corrected chi connectivity index (χ0v) is 10.8. The summed E-state index contributed by atoms with van der Waals surface area (Å²) in [6.07, 6.45) is -3.70. The third-order valence-electron chi connectivity index (χ3n) is 2.72. The molecule has 0 amide bonds. The lowest BCUT2D eigenvalue weighted by Crippen LogP contribution is -2.34. The van der Waals surface area contributed by atoms with Crippen molar-refractivity contribution in [1.82, 2.24) is 4.90 Å². The smallest absolute Gasteiger partial charge is 0.326 e. The average molecular weight is 278 g/mol. The standard InChI is InChI=1S/C13H18F4N2/c1-2-6-19(9-13(15,16)17)8-11-5-3-4-10(7-18)12(11)14/h3-5H,2,6-9,18H2,1H3. The molecule has 1 rings (SSSR count). The fourth-order valence-corrected chi connectivity index (χ4v) is 1.94. The molecule has 0 saturated heterocycles. The van der Waals surface area contributed by atoms with E-state index in [0.717, 1.165) is 0 Å². The van der Waals surface area contributed by atoms with Gasteiger partial charge in [0.25, 0.3) is 0 Å². The first-order valence-electron chi connectivity index (χ1n) is 6.12.